The molecule has 3 N–H and O–H groups in total. The molecule has 0 radical (unpaired) electrons. The molecule has 1 amide bonds. The van der Waals surface area contributed by atoms with Crippen LogP contribution in [0.5, 0.6) is 0 Å². The van der Waals surface area contributed by atoms with E-state index < -0.39 is 0 Å². The molecule has 0 spiro atoms. The van der Waals surface area contributed by atoms with Crippen molar-refractivity contribution in [1.29, 1.82) is 0 Å². The van der Waals surface area contributed by atoms with Crippen molar-refractivity contribution in [3.8, 4) is 0 Å². The molecule has 0 rings (SSSR count). The molecular formula is C15H33N3O. The summed E-state index contributed by atoms with van der Waals surface area (Å²) in [6.45, 7) is 14.6. The van der Waals surface area contributed by atoms with E-state index in [0.717, 1.165) is 19.4 Å². The van der Waals surface area contributed by atoms with Crippen molar-refractivity contribution in [3.63, 3.8) is 0 Å². The topological polar surface area (TPSA) is 58.4 Å². The van der Waals surface area contributed by atoms with Crippen molar-refractivity contribution in [2.75, 3.05) is 19.6 Å². The highest BCUT2D eigenvalue weighted by Gasteiger charge is 2.29. The van der Waals surface area contributed by atoms with Crippen LogP contribution in [-0.2, 0) is 4.79 Å². The molecule has 0 saturated heterocycles. The van der Waals surface area contributed by atoms with Gasteiger partial charge in [-0.2, -0.15) is 0 Å². The van der Waals surface area contributed by atoms with E-state index in [2.05, 4.69) is 51.8 Å². The van der Waals surface area contributed by atoms with Crippen LogP contribution >= 0.6 is 0 Å². The molecular weight excluding hydrogens is 238 g/mol. The van der Waals surface area contributed by atoms with Gasteiger partial charge in [0.15, 0.2) is 0 Å². The van der Waals surface area contributed by atoms with Crippen LogP contribution in [0.25, 0.3) is 0 Å². The third kappa shape index (κ3) is 5.91. The summed E-state index contributed by atoms with van der Waals surface area (Å²) >= 11 is 0. The largest absolute Gasteiger partial charge is 0.352 e. The number of nitrogens with two attached hydrogens (primary N) is 1. The normalized spacial score (nSPS) is 16.5. The van der Waals surface area contributed by atoms with Gasteiger partial charge < -0.3 is 11.1 Å². The number of carbonyl (C=O) groups excluding carboxylic acids is 1. The Kier molecular flexibility index (Phi) is 8.26. The molecule has 19 heavy (non-hydrogen) atoms. The Morgan fingerprint density at radius 3 is 2.26 bits per heavy atom. The molecule has 0 heterocycles. The molecule has 0 aliphatic carbocycles. The van der Waals surface area contributed by atoms with Gasteiger partial charge >= 0.3 is 0 Å². The lowest BCUT2D eigenvalue weighted by Gasteiger charge is -2.40. The molecule has 2 atom stereocenters. The number of rotatable bonds is 9. The number of amides is 1. The predicted molar refractivity (Wildman–Crippen MR) is 82.1 cm³/mol. The Hall–Kier alpha value is -0.610. The first-order chi connectivity index (χ1) is 8.80. The molecule has 0 aromatic heterocycles. The van der Waals surface area contributed by atoms with Crippen molar-refractivity contribution in [2.45, 2.75) is 66.0 Å². The van der Waals surface area contributed by atoms with Gasteiger partial charge in [-0.25, -0.2) is 0 Å². The van der Waals surface area contributed by atoms with Gasteiger partial charge in [0, 0.05) is 18.1 Å². The van der Waals surface area contributed by atoms with Crippen LogP contribution in [0.3, 0.4) is 0 Å². The summed E-state index contributed by atoms with van der Waals surface area (Å²) in [5.74, 6) is 0.554. The Morgan fingerprint density at radius 1 is 1.32 bits per heavy atom. The molecule has 2 unspecified atom stereocenters. The minimum Gasteiger partial charge on any atom is -0.352 e. The second kappa shape index (κ2) is 8.54. The van der Waals surface area contributed by atoms with Gasteiger partial charge in [0.25, 0.3) is 0 Å². The lowest BCUT2D eigenvalue weighted by Crippen LogP contribution is -2.55. The zero-order valence-corrected chi connectivity index (χ0v) is 13.6. The molecule has 114 valence electrons. The van der Waals surface area contributed by atoms with Crippen LogP contribution in [0, 0.1) is 5.92 Å². The Balaban J connectivity index is 4.62. The van der Waals surface area contributed by atoms with Gasteiger partial charge in [-0.05, 0) is 39.2 Å². The van der Waals surface area contributed by atoms with E-state index in [0.29, 0.717) is 19.0 Å². The molecule has 0 aliphatic rings. The maximum atomic E-state index is 12.1. The summed E-state index contributed by atoms with van der Waals surface area (Å²) in [6, 6.07) is 0.210. The average Bonchev–Trinajstić information content (AvgIpc) is 2.37. The van der Waals surface area contributed by atoms with Crippen molar-refractivity contribution in [1.82, 2.24) is 10.2 Å². The van der Waals surface area contributed by atoms with Crippen LogP contribution in [0.4, 0.5) is 0 Å². The fourth-order valence-electron chi connectivity index (χ4n) is 1.95. The number of carbonyl (C=O) groups is 1. The molecule has 4 heteroatoms. The van der Waals surface area contributed by atoms with Crippen molar-refractivity contribution in [2.24, 2.45) is 11.7 Å². The molecule has 0 aromatic rings. The fraction of sp³-hybridized carbons (Fsp3) is 0.933. The van der Waals surface area contributed by atoms with E-state index in [4.69, 9.17) is 5.73 Å². The summed E-state index contributed by atoms with van der Waals surface area (Å²) < 4.78 is 0. The highest BCUT2D eigenvalue weighted by Crippen LogP contribution is 2.18. The molecule has 0 fully saturated rings. The Bertz CT molecular complexity index is 262. The van der Waals surface area contributed by atoms with Gasteiger partial charge in [0.1, 0.15) is 0 Å². The monoisotopic (exact) mass is 271 g/mol. The van der Waals surface area contributed by atoms with E-state index in [9.17, 15) is 4.79 Å². The second-order valence-corrected chi connectivity index (χ2v) is 6.08. The van der Waals surface area contributed by atoms with Crippen molar-refractivity contribution in [3.05, 3.63) is 0 Å². The van der Waals surface area contributed by atoms with Crippen LogP contribution < -0.4 is 11.1 Å². The Morgan fingerprint density at radius 2 is 1.89 bits per heavy atom. The zero-order valence-electron chi connectivity index (χ0n) is 13.6. The van der Waals surface area contributed by atoms with Crippen molar-refractivity contribution >= 4 is 5.91 Å². The highest BCUT2D eigenvalue weighted by molar-refractivity contribution is 5.78. The van der Waals surface area contributed by atoms with Crippen LogP contribution in [0.15, 0.2) is 0 Å². The maximum absolute atomic E-state index is 12.1. The number of nitrogens with zero attached hydrogens (tertiary/aromatic N) is 1. The fourth-order valence-corrected chi connectivity index (χ4v) is 1.95. The summed E-state index contributed by atoms with van der Waals surface area (Å²) in [7, 11) is 0. The minimum atomic E-state index is -0.0889. The maximum Gasteiger partial charge on any atom is 0.234 e. The molecule has 0 aromatic carbocycles. The predicted octanol–water partition coefficient (Wildman–Crippen LogP) is 1.99. The van der Waals surface area contributed by atoms with Gasteiger partial charge in [-0.3, -0.25) is 9.69 Å². The third-order valence-electron chi connectivity index (χ3n) is 4.18. The van der Waals surface area contributed by atoms with E-state index in [1.54, 1.807) is 0 Å². The SMILES string of the molecule is CCCN(CC(=O)NC(C)C(C)C)C(C)(CC)CN. The van der Waals surface area contributed by atoms with Crippen LogP contribution in [0.1, 0.15) is 54.4 Å². The average molecular weight is 271 g/mol. The van der Waals surface area contributed by atoms with E-state index in [1.165, 1.54) is 0 Å². The first kappa shape index (κ1) is 18.4. The van der Waals surface area contributed by atoms with Gasteiger partial charge in [0.2, 0.25) is 5.91 Å². The van der Waals surface area contributed by atoms with Gasteiger partial charge in [-0.15, -0.1) is 0 Å². The first-order valence-corrected chi connectivity index (χ1v) is 7.55. The minimum absolute atomic E-state index is 0.0889. The lowest BCUT2D eigenvalue weighted by molar-refractivity contribution is -0.124. The Labute approximate surface area is 119 Å². The highest BCUT2D eigenvalue weighted by atomic mass is 16.2. The third-order valence-corrected chi connectivity index (χ3v) is 4.18. The molecule has 4 nitrogen and oxygen atoms in total. The second-order valence-electron chi connectivity index (χ2n) is 6.08. The van der Waals surface area contributed by atoms with Crippen molar-refractivity contribution < 1.29 is 4.79 Å². The van der Waals surface area contributed by atoms with E-state index >= 15 is 0 Å². The molecule has 0 aliphatic heterocycles. The summed E-state index contributed by atoms with van der Waals surface area (Å²) in [6.07, 6.45) is 1.99. The number of nitrogens with one attached hydrogen (secondary N) is 1. The van der Waals surface area contributed by atoms with E-state index in [1.807, 2.05) is 0 Å². The molecule has 0 bridgehead atoms. The number of hydrogen-bond acceptors (Lipinski definition) is 3. The van der Waals surface area contributed by atoms with Crippen LogP contribution in [-0.4, -0.2) is 42.0 Å². The summed E-state index contributed by atoms with van der Waals surface area (Å²) in [5, 5.41) is 3.07. The smallest absolute Gasteiger partial charge is 0.234 e. The quantitative estimate of drug-likeness (QED) is 0.674. The number of hydrogen-bond donors (Lipinski definition) is 2. The van der Waals surface area contributed by atoms with Crippen LogP contribution in [0.2, 0.25) is 0 Å². The van der Waals surface area contributed by atoms with Gasteiger partial charge in [-0.1, -0.05) is 27.7 Å². The zero-order chi connectivity index (χ0) is 15.1. The van der Waals surface area contributed by atoms with Gasteiger partial charge in [0.05, 0.1) is 6.54 Å². The lowest BCUT2D eigenvalue weighted by atomic mass is 9.96. The molecule has 0 saturated carbocycles. The first-order valence-electron chi connectivity index (χ1n) is 7.55. The summed E-state index contributed by atoms with van der Waals surface area (Å²) in [4.78, 5) is 14.3. The standard InChI is InChI=1S/C15H33N3O/c1-7-9-18(15(6,8-2)11-16)10-14(19)17-13(5)12(3)4/h12-13H,7-11,16H2,1-6H3,(H,17,19). The van der Waals surface area contributed by atoms with E-state index in [-0.39, 0.29) is 17.5 Å². The summed E-state index contributed by atoms with van der Waals surface area (Å²) in [5.41, 5.74) is 5.81.